The molecule has 0 spiro atoms. The third kappa shape index (κ3) is 3.99. The number of aromatic nitrogens is 4. The van der Waals surface area contributed by atoms with Crippen LogP contribution in [0.2, 0.25) is 0 Å². The predicted octanol–water partition coefficient (Wildman–Crippen LogP) is 3.40. The average molecular weight is 357 g/mol. The summed E-state index contributed by atoms with van der Waals surface area (Å²) < 4.78 is 21.0. The zero-order valence-corrected chi connectivity index (χ0v) is 15.3. The van der Waals surface area contributed by atoms with Gasteiger partial charge in [-0.2, -0.15) is 5.10 Å². The topological polar surface area (TPSA) is 78.3 Å². The lowest BCUT2D eigenvalue weighted by atomic mass is 9.93. The molecule has 3 heterocycles. The highest BCUT2D eigenvalue weighted by atomic mass is 19.1. The molecule has 2 N–H and O–H groups in total. The minimum absolute atomic E-state index is 0.250. The van der Waals surface area contributed by atoms with Crippen LogP contribution in [-0.4, -0.2) is 31.7 Å². The van der Waals surface area contributed by atoms with Gasteiger partial charge >= 0.3 is 0 Å². The lowest BCUT2D eigenvalue weighted by molar-refractivity contribution is 0.203. The van der Waals surface area contributed by atoms with E-state index < -0.39 is 12.2 Å². The van der Waals surface area contributed by atoms with E-state index >= 15 is 0 Å². The second kappa shape index (κ2) is 7.37. The first-order valence-corrected chi connectivity index (χ1v) is 8.66. The van der Waals surface area contributed by atoms with Crippen LogP contribution < -0.4 is 10.5 Å². The second-order valence-corrected chi connectivity index (χ2v) is 7.25. The standard InChI is InChI=1S/C19H24FN5O/c1-13(2)10-19(3,21)12-26-17-5-4-14(24-15(17)11-20)16-6-8-22-18-7-9-23-25(16)18/h4-9,13H,10-12,21H2,1-3H3. The Morgan fingerprint density at radius 1 is 1.23 bits per heavy atom. The molecule has 0 saturated heterocycles. The smallest absolute Gasteiger partial charge is 0.155 e. The SMILES string of the molecule is CC(C)CC(C)(N)COc1ccc(-c2ccnc3ccnn23)nc1CF. The number of pyridine rings is 1. The van der Waals surface area contributed by atoms with Gasteiger partial charge in [0.05, 0.1) is 17.6 Å². The highest BCUT2D eigenvalue weighted by molar-refractivity contribution is 5.59. The van der Waals surface area contributed by atoms with Gasteiger partial charge in [-0.3, -0.25) is 0 Å². The molecule has 0 aliphatic carbocycles. The Balaban J connectivity index is 1.85. The number of nitrogens with zero attached hydrogens (tertiary/aromatic N) is 4. The van der Waals surface area contributed by atoms with Crippen molar-refractivity contribution in [2.45, 2.75) is 39.4 Å². The highest BCUT2D eigenvalue weighted by Gasteiger charge is 2.22. The van der Waals surface area contributed by atoms with Gasteiger partial charge < -0.3 is 10.5 Å². The number of hydrogen-bond acceptors (Lipinski definition) is 5. The molecule has 0 radical (unpaired) electrons. The van der Waals surface area contributed by atoms with Crippen LogP contribution in [-0.2, 0) is 6.67 Å². The van der Waals surface area contributed by atoms with Crippen LogP contribution in [0.25, 0.3) is 17.0 Å². The largest absolute Gasteiger partial charge is 0.490 e. The summed E-state index contributed by atoms with van der Waals surface area (Å²) in [5.74, 6) is 0.875. The second-order valence-electron chi connectivity index (χ2n) is 7.25. The van der Waals surface area contributed by atoms with Gasteiger partial charge in [-0.15, -0.1) is 0 Å². The molecule has 0 amide bonds. The van der Waals surface area contributed by atoms with E-state index in [2.05, 4.69) is 28.9 Å². The Morgan fingerprint density at radius 2 is 2.04 bits per heavy atom. The summed E-state index contributed by atoms with van der Waals surface area (Å²) in [6.07, 6.45) is 4.16. The van der Waals surface area contributed by atoms with E-state index in [0.717, 1.165) is 12.1 Å². The third-order valence-corrected chi connectivity index (χ3v) is 4.04. The number of nitrogens with two attached hydrogens (primary N) is 1. The average Bonchev–Trinajstić information content (AvgIpc) is 3.07. The number of ether oxygens (including phenoxy) is 1. The summed E-state index contributed by atoms with van der Waals surface area (Å²) in [4.78, 5) is 8.65. The van der Waals surface area contributed by atoms with Crippen LogP contribution in [0.3, 0.4) is 0 Å². The summed E-state index contributed by atoms with van der Waals surface area (Å²) in [5.41, 5.74) is 8.10. The summed E-state index contributed by atoms with van der Waals surface area (Å²) in [7, 11) is 0. The maximum absolute atomic E-state index is 13.6. The monoisotopic (exact) mass is 357 g/mol. The number of halogens is 1. The Bertz CT molecular complexity index is 891. The van der Waals surface area contributed by atoms with Gasteiger partial charge in [-0.05, 0) is 37.5 Å². The molecule has 3 rings (SSSR count). The lowest BCUT2D eigenvalue weighted by Crippen LogP contribution is -2.43. The van der Waals surface area contributed by atoms with Crippen LogP contribution in [0.4, 0.5) is 4.39 Å². The fourth-order valence-corrected chi connectivity index (χ4v) is 3.12. The van der Waals surface area contributed by atoms with E-state index in [9.17, 15) is 4.39 Å². The van der Waals surface area contributed by atoms with Gasteiger partial charge in [0.15, 0.2) is 5.65 Å². The molecule has 3 aromatic rings. The molecule has 26 heavy (non-hydrogen) atoms. The van der Waals surface area contributed by atoms with Crippen molar-refractivity contribution in [2.24, 2.45) is 11.7 Å². The molecular formula is C19H24FN5O. The molecular weight excluding hydrogens is 333 g/mol. The predicted molar refractivity (Wildman–Crippen MR) is 98.6 cm³/mol. The normalized spacial score (nSPS) is 13.9. The molecule has 0 aliphatic rings. The van der Waals surface area contributed by atoms with Gasteiger partial charge in [0.1, 0.15) is 24.7 Å². The van der Waals surface area contributed by atoms with Crippen molar-refractivity contribution in [3.8, 4) is 17.1 Å². The first-order valence-electron chi connectivity index (χ1n) is 8.66. The quantitative estimate of drug-likeness (QED) is 0.701. The molecule has 6 nitrogen and oxygen atoms in total. The minimum atomic E-state index is -0.720. The first kappa shape index (κ1) is 18.3. The fourth-order valence-electron chi connectivity index (χ4n) is 3.12. The van der Waals surface area contributed by atoms with E-state index in [4.69, 9.17) is 10.5 Å². The summed E-state index contributed by atoms with van der Waals surface area (Å²) in [5, 5.41) is 4.24. The Hall–Kier alpha value is -2.54. The molecule has 7 heteroatoms. The summed E-state index contributed by atoms with van der Waals surface area (Å²) in [6.45, 7) is 5.74. The maximum atomic E-state index is 13.6. The van der Waals surface area contributed by atoms with E-state index in [0.29, 0.717) is 29.6 Å². The van der Waals surface area contributed by atoms with Crippen molar-refractivity contribution in [1.82, 2.24) is 19.6 Å². The van der Waals surface area contributed by atoms with Crippen molar-refractivity contribution >= 4 is 5.65 Å². The Morgan fingerprint density at radius 3 is 2.77 bits per heavy atom. The summed E-state index contributed by atoms with van der Waals surface area (Å²) in [6, 6.07) is 7.12. The van der Waals surface area contributed by atoms with Gasteiger partial charge in [-0.1, -0.05) is 13.8 Å². The highest BCUT2D eigenvalue weighted by Crippen LogP contribution is 2.25. The molecule has 0 saturated carbocycles. The van der Waals surface area contributed by atoms with Crippen molar-refractivity contribution in [2.75, 3.05) is 6.61 Å². The van der Waals surface area contributed by atoms with Crippen LogP contribution >= 0.6 is 0 Å². The fraction of sp³-hybridized carbons (Fsp3) is 0.421. The summed E-state index contributed by atoms with van der Waals surface area (Å²) >= 11 is 0. The molecule has 3 aromatic heterocycles. The van der Waals surface area contributed by atoms with Crippen LogP contribution in [0.1, 0.15) is 32.9 Å². The van der Waals surface area contributed by atoms with Crippen molar-refractivity contribution < 1.29 is 9.13 Å². The van der Waals surface area contributed by atoms with Gasteiger partial charge in [0.2, 0.25) is 0 Å². The van der Waals surface area contributed by atoms with Crippen molar-refractivity contribution in [3.63, 3.8) is 0 Å². The van der Waals surface area contributed by atoms with Gasteiger partial charge in [0, 0.05) is 17.8 Å². The van der Waals surface area contributed by atoms with E-state index in [1.165, 1.54) is 0 Å². The Kier molecular flexibility index (Phi) is 5.18. The van der Waals surface area contributed by atoms with Crippen molar-refractivity contribution in [3.05, 3.63) is 42.4 Å². The molecule has 0 fully saturated rings. The molecule has 138 valence electrons. The molecule has 0 bridgehead atoms. The Labute approximate surface area is 152 Å². The van der Waals surface area contributed by atoms with Crippen LogP contribution in [0, 0.1) is 5.92 Å². The maximum Gasteiger partial charge on any atom is 0.155 e. The lowest BCUT2D eigenvalue weighted by Gasteiger charge is -2.27. The van der Waals surface area contributed by atoms with Gasteiger partial charge in [-0.25, -0.2) is 18.9 Å². The molecule has 0 aromatic carbocycles. The minimum Gasteiger partial charge on any atom is -0.490 e. The third-order valence-electron chi connectivity index (χ3n) is 4.04. The van der Waals surface area contributed by atoms with E-state index in [-0.39, 0.29) is 5.69 Å². The van der Waals surface area contributed by atoms with E-state index in [1.54, 1.807) is 41.2 Å². The first-order chi connectivity index (χ1) is 12.4. The van der Waals surface area contributed by atoms with E-state index in [1.807, 2.05) is 6.92 Å². The van der Waals surface area contributed by atoms with Crippen molar-refractivity contribution in [1.29, 1.82) is 0 Å². The van der Waals surface area contributed by atoms with Gasteiger partial charge in [0.25, 0.3) is 0 Å². The number of fused-ring (bicyclic) bond motifs is 1. The zero-order valence-electron chi connectivity index (χ0n) is 15.3. The van der Waals surface area contributed by atoms with Crippen LogP contribution in [0.15, 0.2) is 36.7 Å². The van der Waals surface area contributed by atoms with Crippen LogP contribution in [0.5, 0.6) is 5.75 Å². The molecule has 0 aliphatic heterocycles. The number of hydrogen-bond donors (Lipinski definition) is 1. The number of rotatable bonds is 7. The molecule has 1 atom stereocenters. The zero-order chi connectivity index (χ0) is 18.7. The number of alkyl halides is 1. The molecule has 1 unspecified atom stereocenters.